The van der Waals surface area contributed by atoms with E-state index in [-0.39, 0.29) is 0 Å². The first-order chi connectivity index (χ1) is 9.64. The zero-order chi connectivity index (χ0) is 15.0. The van der Waals surface area contributed by atoms with Gasteiger partial charge in [0.1, 0.15) is 0 Å². The Kier molecular flexibility index (Phi) is 8.31. The van der Waals surface area contributed by atoms with Gasteiger partial charge in [0.25, 0.3) is 0 Å². The fourth-order valence-corrected chi connectivity index (χ4v) is 3.29. The van der Waals surface area contributed by atoms with E-state index < -0.39 is 0 Å². The molecule has 0 saturated heterocycles. The summed E-state index contributed by atoms with van der Waals surface area (Å²) in [6.07, 6.45) is 3.35. The molecule has 116 valence electrons. The molecule has 0 saturated carbocycles. The first-order valence-electron chi connectivity index (χ1n) is 8.05. The lowest BCUT2D eigenvalue weighted by Crippen LogP contribution is -2.34. The third-order valence-electron chi connectivity index (χ3n) is 3.68. The minimum atomic E-state index is 0.547. The van der Waals surface area contributed by atoms with Crippen LogP contribution in [0.5, 0.6) is 0 Å². The predicted octanol–water partition coefficient (Wildman–Crippen LogP) is 3.52. The second-order valence-electron chi connectivity index (χ2n) is 5.31. The maximum absolute atomic E-state index is 4.65. The zero-order valence-corrected chi connectivity index (χ0v) is 14.6. The summed E-state index contributed by atoms with van der Waals surface area (Å²) in [5.41, 5.74) is 2.59. The molecule has 1 heterocycles. The lowest BCUT2D eigenvalue weighted by atomic mass is 10.1. The van der Waals surface area contributed by atoms with E-state index in [1.807, 2.05) is 0 Å². The van der Waals surface area contributed by atoms with Gasteiger partial charge in [0, 0.05) is 35.7 Å². The van der Waals surface area contributed by atoms with Crippen molar-refractivity contribution >= 4 is 11.8 Å². The minimum absolute atomic E-state index is 0.547. The molecule has 0 radical (unpaired) electrons. The molecule has 0 fully saturated rings. The van der Waals surface area contributed by atoms with Crippen LogP contribution in [0.4, 0.5) is 0 Å². The van der Waals surface area contributed by atoms with Crippen molar-refractivity contribution in [1.82, 2.24) is 15.1 Å². The molecule has 2 atom stereocenters. The molecule has 20 heavy (non-hydrogen) atoms. The van der Waals surface area contributed by atoms with E-state index in [0.717, 1.165) is 31.2 Å². The van der Waals surface area contributed by atoms with Crippen molar-refractivity contribution in [2.24, 2.45) is 0 Å². The van der Waals surface area contributed by atoms with Crippen molar-refractivity contribution in [3.8, 4) is 0 Å². The fraction of sp³-hybridized carbons (Fsp3) is 0.812. The van der Waals surface area contributed by atoms with Gasteiger partial charge in [-0.25, -0.2) is 0 Å². The summed E-state index contributed by atoms with van der Waals surface area (Å²) in [6, 6.07) is 2.83. The largest absolute Gasteiger partial charge is 0.313 e. The van der Waals surface area contributed by atoms with Crippen LogP contribution in [0, 0.1) is 0 Å². The Hall–Kier alpha value is -0.480. The Bertz CT molecular complexity index is 376. The van der Waals surface area contributed by atoms with Crippen LogP contribution in [0.15, 0.2) is 6.07 Å². The van der Waals surface area contributed by atoms with Crippen LogP contribution in [-0.4, -0.2) is 33.4 Å². The predicted molar refractivity (Wildman–Crippen MR) is 90.7 cm³/mol. The number of nitrogens with one attached hydrogen (secondary N) is 1. The second-order valence-corrected chi connectivity index (χ2v) is 6.78. The fourth-order valence-electron chi connectivity index (χ4n) is 2.26. The van der Waals surface area contributed by atoms with E-state index in [4.69, 9.17) is 0 Å². The molecule has 1 N–H and O–H groups in total. The summed E-state index contributed by atoms with van der Waals surface area (Å²) < 4.78 is 2.16. The summed E-state index contributed by atoms with van der Waals surface area (Å²) in [7, 11) is 0. The molecule has 0 spiro atoms. The lowest BCUT2D eigenvalue weighted by Gasteiger charge is -2.19. The molecular weight excluding hydrogens is 266 g/mol. The third kappa shape index (κ3) is 5.49. The van der Waals surface area contributed by atoms with Crippen LogP contribution < -0.4 is 5.32 Å². The molecule has 4 heteroatoms. The van der Waals surface area contributed by atoms with Crippen LogP contribution in [0.3, 0.4) is 0 Å². The Balaban J connectivity index is 2.66. The van der Waals surface area contributed by atoms with Gasteiger partial charge in [0.05, 0.1) is 5.69 Å². The van der Waals surface area contributed by atoms with Gasteiger partial charge < -0.3 is 5.32 Å². The van der Waals surface area contributed by atoms with Crippen molar-refractivity contribution < 1.29 is 0 Å². The SMILES string of the molecule is CCNC(CSC(C)CC)Cc1cc(CC)nn1CC. The van der Waals surface area contributed by atoms with E-state index in [0.29, 0.717) is 6.04 Å². The highest BCUT2D eigenvalue weighted by Gasteiger charge is 2.14. The van der Waals surface area contributed by atoms with Crippen molar-refractivity contribution in [3.63, 3.8) is 0 Å². The smallest absolute Gasteiger partial charge is 0.0624 e. The highest BCUT2D eigenvalue weighted by molar-refractivity contribution is 7.99. The molecule has 1 aromatic rings. The average Bonchev–Trinajstić information content (AvgIpc) is 2.86. The van der Waals surface area contributed by atoms with Crippen molar-refractivity contribution in [3.05, 3.63) is 17.5 Å². The molecule has 0 aromatic carbocycles. The number of aromatic nitrogens is 2. The van der Waals surface area contributed by atoms with Gasteiger partial charge in [-0.1, -0.05) is 27.7 Å². The molecular formula is C16H31N3S. The molecule has 0 aliphatic heterocycles. The number of thioether (sulfide) groups is 1. The minimum Gasteiger partial charge on any atom is -0.313 e. The summed E-state index contributed by atoms with van der Waals surface area (Å²) in [6.45, 7) is 13.1. The highest BCUT2D eigenvalue weighted by Crippen LogP contribution is 2.17. The van der Waals surface area contributed by atoms with Gasteiger partial charge in [0.2, 0.25) is 0 Å². The Morgan fingerprint density at radius 2 is 2.05 bits per heavy atom. The molecule has 0 bridgehead atoms. The summed E-state index contributed by atoms with van der Waals surface area (Å²) in [5, 5.41) is 9.03. The van der Waals surface area contributed by atoms with Gasteiger partial charge in [-0.2, -0.15) is 16.9 Å². The van der Waals surface area contributed by atoms with Gasteiger partial charge in [-0.05, 0) is 32.4 Å². The maximum Gasteiger partial charge on any atom is 0.0624 e. The third-order valence-corrected chi connectivity index (χ3v) is 5.18. The number of nitrogens with zero attached hydrogens (tertiary/aromatic N) is 2. The van der Waals surface area contributed by atoms with Crippen LogP contribution in [0.2, 0.25) is 0 Å². The quantitative estimate of drug-likeness (QED) is 0.716. The molecule has 0 amide bonds. The highest BCUT2D eigenvalue weighted by atomic mass is 32.2. The first kappa shape index (κ1) is 17.6. The van der Waals surface area contributed by atoms with E-state index in [9.17, 15) is 0 Å². The number of aryl methyl sites for hydroxylation is 2. The first-order valence-corrected chi connectivity index (χ1v) is 9.09. The number of hydrogen-bond acceptors (Lipinski definition) is 3. The Morgan fingerprint density at radius 3 is 2.60 bits per heavy atom. The summed E-state index contributed by atoms with van der Waals surface area (Å²) in [4.78, 5) is 0. The lowest BCUT2D eigenvalue weighted by molar-refractivity contribution is 0.532. The van der Waals surface area contributed by atoms with Crippen LogP contribution in [0.25, 0.3) is 0 Å². The molecule has 1 aromatic heterocycles. The Labute approximate surface area is 128 Å². The van der Waals surface area contributed by atoms with Crippen molar-refractivity contribution in [2.45, 2.75) is 71.7 Å². The van der Waals surface area contributed by atoms with Crippen molar-refractivity contribution in [2.75, 3.05) is 12.3 Å². The molecule has 1 rings (SSSR count). The number of rotatable bonds is 10. The molecule has 3 nitrogen and oxygen atoms in total. The zero-order valence-electron chi connectivity index (χ0n) is 13.8. The van der Waals surface area contributed by atoms with Gasteiger partial charge in [-0.15, -0.1) is 0 Å². The van der Waals surface area contributed by atoms with Gasteiger partial charge in [-0.3, -0.25) is 4.68 Å². The van der Waals surface area contributed by atoms with Gasteiger partial charge >= 0.3 is 0 Å². The Morgan fingerprint density at radius 1 is 1.30 bits per heavy atom. The topological polar surface area (TPSA) is 29.9 Å². The van der Waals surface area contributed by atoms with E-state index >= 15 is 0 Å². The number of likely N-dealkylation sites (N-methyl/N-ethyl adjacent to an activating group) is 1. The summed E-state index contributed by atoms with van der Waals surface area (Å²) in [5.74, 6) is 1.18. The van der Waals surface area contributed by atoms with Crippen LogP contribution in [0.1, 0.15) is 52.4 Å². The molecule has 0 aliphatic rings. The summed E-state index contributed by atoms with van der Waals surface area (Å²) >= 11 is 2.08. The van der Waals surface area contributed by atoms with Gasteiger partial charge in [0.15, 0.2) is 0 Å². The van der Waals surface area contributed by atoms with Crippen LogP contribution >= 0.6 is 11.8 Å². The van der Waals surface area contributed by atoms with E-state index in [1.165, 1.54) is 23.6 Å². The standard InChI is InChI=1S/C16H31N3S/c1-6-13(5)20-12-15(17-8-3)11-16-10-14(7-2)18-19(16)9-4/h10,13,15,17H,6-9,11-12H2,1-5H3. The number of hydrogen-bond donors (Lipinski definition) is 1. The second kappa shape index (κ2) is 9.46. The maximum atomic E-state index is 4.65. The van der Waals surface area contributed by atoms with Crippen LogP contribution in [-0.2, 0) is 19.4 Å². The van der Waals surface area contributed by atoms with E-state index in [1.54, 1.807) is 0 Å². The monoisotopic (exact) mass is 297 g/mol. The van der Waals surface area contributed by atoms with Crippen molar-refractivity contribution in [1.29, 1.82) is 0 Å². The average molecular weight is 298 g/mol. The van der Waals surface area contributed by atoms with E-state index in [2.05, 4.69) is 67.5 Å². The normalized spacial score (nSPS) is 14.4. The molecule has 2 unspecified atom stereocenters. The molecule has 0 aliphatic carbocycles.